The first-order valence-electron chi connectivity index (χ1n) is 24.0. The third-order valence-corrected chi connectivity index (χ3v) is 14.0. The van der Waals surface area contributed by atoms with Gasteiger partial charge in [-0.2, -0.15) is 13.2 Å². The summed E-state index contributed by atoms with van der Waals surface area (Å²) in [6, 6.07) is 83.8. The highest BCUT2D eigenvalue weighted by atomic mass is 19.4. The van der Waals surface area contributed by atoms with Gasteiger partial charge in [0.15, 0.2) is 0 Å². The van der Waals surface area contributed by atoms with Gasteiger partial charge in [0.2, 0.25) is 0 Å². The highest BCUT2D eigenvalue weighted by Crippen LogP contribution is 2.47. The molecule has 0 aliphatic heterocycles. The topological polar surface area (TPSA) is 22.8 Å². The molecule has 3 heterocycles. The fraction of sp³-hybridized carbons (Fsp3) is 0.0152. The van der Waals surface area contributed by atoms with Crippen LogP contribution in [0.4, 0.5) is 13.2 Å². The van der Waals surface area contributed by atoms with Crippen LogP contribution in [0.5, 0.6) is 0 Å². The Morgan fingerprint density at radius 1 is 0.278 bits per heavy atom. The number of halogens is 3. The van der Waals surface area contributed by atoms with Crippen molar-refractivity contribution in [2.75, 3.05) is 0 Å². The summed E-state index contributed by atoms with van der Waals surface area (Å²) in [7, 11) is 0. The summed E-state index contributed by atoms with van der Waals surface area (Å²) in [6.45, 7) is 0. The van der Waals surface area contributed by atoms with E-state index in [1.165, 1.54) is 6.07 Å². The second-order valence-corrected chi connectivity index (χ2v) is 18.2. The highest BCUT2D eigenvalue weighted by Gasteiger charge is 2.37. The molecule has 10 aromatic carbocycles. The van der Waals surface area contributed by atoms with Crippen LogP contribution < -0.4 is 0 Å². The van der Waals surface area contributed by atoms with Crippen LogP contribution in [0.25, 0.3) is 122 Å². The summed E-state index contributed by atoms with van der Waals surface area (Å²) >= 11 is 0. The third-order valence-electron chi connectivity index (χ3n) is 14.0. The molecule has 0 N–H and O–H groups in total. The smallest absolute Gasteiger partial charge is 0.309 e. The molecule has 0 unspecified atom stereocenters. The molecule has 0 atom stereocenters. The van der Waals surface area contributed by atoms with E-state index in [0.29, 0.717) is 33.7 Å². The molecule has 13 rings (SSSR count). The number of benzene rings is 10. The molecule has 0 saturated heterocycles. The lowest BCUT2D eigenvalue weighted by atomic mass is 10.00. The number of alkyl halides is 3. The summed E-state index contributed by atoms with van der Waals surface area (Å²) in [4.78, 5) is 5.32. The first-order chi connectivity index (χ1) is 35.3. The Labute approximate surface area is 414 Å². The molecule has 0 radical (unpaired) electrons. The monoisotopic (exact) mass is 933 g/mol. The number of hydrogen-bond acceptors (Lipinski definition) is 1. The minimum Gasteiger partial charge on any atom is -0.309 e. The van der Waals surface area contributed by atoms with Crippen molar-refractivity contribution in [1.29, 1.82) is 0 Å². The number of nitrogens with zero attached hydrogens (tertiary/aromatic N) is 3. The number of aromatic nitrogens is 3. The van der Waals surface area contributed by atoms with E-state index in [1.54, 1.807) is 6.07 Å². The predicted molar refractivity (Wildman–Crippen MR) is 291 cm³/mol. The fourth-order valence-electron chi connectivity index (χ4n) is 10.5. The molecule has 0 bridgehead atoms. The van der Waals surface area contributed by atoms with Crippen LogP contribution in [0, 0.1) is 0 Å². The van der Waals surface area contributed by atoms with Gasteiger partial charge in [-0.25, -0.2) is 4.98 Å². The molecule has 72 heavy (non-hydrogen) atoms. The van der Waals surface area contributed by atoms with Crippen LogP contribution in [0.1, 0.15) is 5.56 Å². The Hall–Kier alpha value is -9.26. The molecule has 3 aromatic heterocycles. The molecular formula is C66H42F3N3. The highest BCUT2D eigenvalue weighted by molar-refractivity contribution is 6.13. The standard InChI is InChI=1S/C66H42F3N3/c67-66(68,69)57-42-64(71-60-37-48(43-17-6-1-7-18-43)29-33-52(60)53-34-30-49(38-61(53)71)44-19-8-2-9-20-44)56(59-28-16-27-58(70-59)47-25-14-5-15-26-47)41-65(57)72-62-39-50(45-21-10-3-11-22-45)31-35-54(62)55-36-32-51(40-63(55)72)46-23-12-4-13-24-46/h1-42H. The largest absolute Gasteiger partial charge is 0.418 e. The van der Waals surface area contributed by atoms with E-state index in [-0.39, 0.29) is 5.69 Å². The first kappa shape index (κ1) is 42.8. The van der Waals surface area contributed by atoms with E-state index >= 15 is 13.2 Å². The van der Waals surface area contributed by atoms with Gasteiger partial charge in [0.05, 0.1) is 50.4 Å². The first-order valence-corrected chi connectivity index (χ1v) is 24.0. The van der Waals surface area contributed by atoms with Gasteiger partial charge in [-0.05, 0) is 93.0 Å². The summed E-state index contributed by atoms with van der Waals surface area (Å²) in [5.41, 5.74) is 12.7. The molecule has 342 valence electrons. The lowest BCUT2D eigenvalue weighted by Crippen LogP contribution is -2.13. The maximum Gasteiger partial charge on any atom is 0.418 e. The van der Waals surface area contributed by atoms with Crippen LogP contribution in [0.3, 0.4) is 0 Å². The minimum atomic E-state index is -4.80. The van der Waals surface area contributed by atoms with E-state index in [1.807, 2.05) is 179 Å². The van der Waals surface area contributed by atoms with Gasteiger partial charge in [0, 0.05) is 32.7 Å². The van der Waals surface area contributed by atoms with Crippen LogP contribution in [-0.4, -0.2) is 14.1 Å². The van der Waals surface area contributed by atoms with Gasteiger partial charge >= 0.3 is 6.18 Å². The molecule has 0 fully saturated rings. The summed E-state index contributed by atoms with van der Waals surface area (Å²) < 4.78 is 54.0. The molecule has 0 saturated carbocycles. The van der Waals surface area contributed by atoms with Gasteiger partial charge in [0.1, 0.15) is 0 Å². The molecule has 13 aromatic rings. The van der Waals surface area contributed by atoms with Crippen LogP contribution in [0.2, 0.25) is 0 Å². The second-order valence-electron chi connectivity index (χ2n) is 18.2. The zero-order valence-electron chi connectivity index (χ0n) is 38.7. The lowest BCUT2D eigenvalue weighted by Gasteiger charge is -2.22. The van der Waals surface area contributed by atoms with Crippen LogP contribution in [-0.2, 0) is 6.18 Å². The van der Waals surface area contributed by atoms with Crippen molar-refractivity contribution in [2.24, 2.45) is 0 Å². The number of fused-ring (bicyclic) bond motifs is 6. The summed E-state index contributed by atoms with van der Waals surface area (Å²) in [6.07, 6.45) is -4.80. The maximum atomic E-state index is 16.7. The quantitative estimate of drug-likeness (QED) is 0.149. The maximum absolute atomic E-state index is 16.7. The number of pyridine rings is 1. The molecule has 0 amide bonds. The van der Waals surface area contributed by atoms with Crippen LogP contribution in [0.15, 0.2) is 255 Å². The molecule has 3 nitrogen and oxygen atoms in total. The van der Waals surface area contributed by atoms with Crippen LogP contribution >= 0.6 is 0 Å². The third kappa shape index (κ3) is 7.44. The predicted octanol–water partition coefficient (Wildman–Crippen LogP) is 18.3. The van der Waals surface area contributed by atoms with Gasteiger partial charge < -0.3 is 9.13 Å². The molecule has 0 spiro atoms. The van der Waals surface area contributed by atoms with Crippen molar-refractivity contribution in [3.8, 4) is 78.4 Å². The zero-order valence-corrected chi connectivity index (χ0v) is 38.7. The molecule has 0 aliphatic rings. The van der Waals surface area contributed by atoms with Crippen molar-refractivity contribution in [3.05, 3.63) is 260 Å². The second kappa shape index (κ2) is 17.3. The Morgan fingerprint density at radius 2 is 0.611 bits per heavy atom. The van der Waals surface area contributed by atoms with E-state index < -0.39 is 11.7 Å². The van der Waals surface area contributed by atoms with Crippen molar-refractivity contribution in [1.82, 2.24) is 14.1 Å². The van der Waals surface area contributed by atoms with E-state index in [0.717, 1.165) is 82.6 Å². The molecule has 0 aliphatic carbocycles. The van der Waals surface area contributed by atoms with E-state index in [9.17, 15) is 0 Å². The van der Waals surface area contributed by atoms with Gasteiger partial charge in [0.25, 0.3) is 0 Å². The van der Waals surface area contributed by atoms with Gasteiger partial charge in [-0.3, -0.25) is 0 Å². The Bertz CT molecular complexity index is 3970. The molecular weight excluding hydrogens is 892 g/mol. The van der Waals surface area contributed by atoms with Crippen molar-refractivity contribution >= 4 is 43.6 Å². The van der Waals surface area contributed by atoms with Crippen molar-refractivity contribution < 1.29 is 13.2 Å². The average molecular weight is 934 g/mol. The lowest BCUT2D eigenvalue weighted by molar-refractivity contribution is -0.137. The normalized spacial score (nSPS) is 11.8. The molecule has 6 heteroatoms. The Morgan fingerprint density at radius 3 is 0.972 bits per heavy atom. The average Bonchev–Trinajstić information content (AvgIpc) is 3.94. The zero-order chi connectivity index (χ0) is 48.3. The van der Waals surface area contributed by atoms with Crippen molar-refractivity contribution in [2.45, 2.75) is 6.18 Å². The summed E-state index contributed by atoms with van der Waals surface area (Å²) in [5.74, 6) is 0. The Kier molecular flexibility index (Phi) is 10.3. The minimum absolute atomic E-state index is 0.000645. The number of rotatable bonds is 8. The van der Waals surface area contributed by atoms with Gasteiger partial charge in [-0.15, -0.1) is 0 Å². The number of hydrogen-bond donors (Lipinski definition) is 0. The van der Waals surface area contributed by atoms with Crippen molar-refractivity contribution in [3.63, 3.8) is 0 Å². The van der Waals surface area contributed by atoms with E-state index in [4.69, 9.17) is 4.98 Å². The fourth-order valence-corrected chi connectivity index (χ4v) is 10.5. The van der Waals surface area contributed by atoms with Gasteiger partial charge in [-0.1, -0.05) is 206 Å². The SMILES string of the molecule is FC(F)(F)c1cc(-n2c3cc(-c4ccccc4)ccc3c3ccc(-c4ccccc4)cc32)c(-c2cccc(-c3ccccc3)n2)cc1-n1c2cc(-c3ccccc3)ccc2c2ccc(-c3ccccc3)cc21. The Balaban J connectivity index is 1.18. The summed E-state index contributed by atoms with van der Waals surface area (Å²) in [5, 5.41) is 3.53. The van der Waals surface area contributed by atoms with E-state index in [2.05, 4.69) is 72.8 Å².